The van der Waals surface area contributed by atoms with Crippen molar-refractivity contribution in [2.24, 2.45) is 39.8 Å². The number of guanidine groups is 1. The maximum atomic E-state index is 13.8. The number of ketones is 1. The summed E-state index contributed by atoms with van der Waals surface area (Å²) in [6.45, 7) is 11.1. The number of hydrogen-bond donors (Lipinski definition) is 3. The van der Waals surface area contributed by atoms with Crippen LogP contribution in [0.25, 0.3) is 0 Å². The third-order valence-electron chi connectivity index (χ3n) is 9.68. The van der Waals surface area contributed by atoms with Crippen molar-refractivity contribution in [1.29, 1.82) is 0 Å². The molecule has 2 bridgehead atoms. The van der Waals surface area contributed by atoms with Gasteiger partial charge in [0.1, 0.15) is 5.78 Å². The van der Waals surface area contributed by atoms with E-state index in [1.807, 2.05) is 6.07 Å². The van der Waals surface area contributed by atoms with Gasteiger partial charge < -0.3 is 20.4 Å². The highest BCUT2D eigenvalue weighted by Crippen LogP contribution is 2.65. The number of rotatable bonds is 14. The standard InChI is InChI=1S/C30H45BClN5O6/c1-18(2)12-26(31-42-25-17-21-16-24(29(21,3)4)30(25,5)43-31)35-27(39)20(9-7-11-34-28(33)36-37(40)41)15-23(38)14-19-8-6-10-22(32)13-19/h6,8,10,13,18,20-21,24-26H,7,9,11-12,14-17H2,1-5H3,(H,35,39)(H3,33,34,36)/t20-,21+,24+,25-,26+,30+/m1/s1. The van der Waals surface area contributed by atoms with Crippen LogP contribution in [0, 0.1) is 39.2 Å². The molecular formula is C30H45BClN5O6. The molecule has 3 aliphatic carbocycles. The summed E-state index contributed by atoms with van der Waals surface area (Å²) in [7, 11) is -0.572. The smallest absolute Gasteiger partial charge is 0.404 e. The largest absolute Gasteiger partial charge is 0.481 e. The van der Waals surface area contributed by atoms with Gasteiger partial charge in [-0.3, -0.25) is 9.59 Å². The molecule has 1 aromatic rings. The average molecular weight is 618 g/mol. The molecule has 1 aliphatic heterocycles. The number of benzene rings is 1. The lowest BCUT2D eigenvalue weighted by molar-refractivity contribution is -0.525. The predicted octanol–water partition coefficient (Wildman–Crippen LogP) is 4.13. The van der Waals surface area contributed by atoms with Gasteiger partial charge in [0.15, 0.2) is 5.03 Å². The van der Waals surface area contributed by atoms with Gasteiger partial charge in [-0.05, 0) is 79.9 Å². The van der Waals surface area contributed by atoms with Gasteiger partial charge in [-0.25, -0.2) is 15.1 Å². The monoisotopic (exact) mass is 617 g/mol. The van der Waals surface area contributed by atoms with Gasteiger partial charge in [-0.2, -0.15) is 0 Å². The van der Waals surface area contributed by atoms with Crippen LogP contribution in [0.1, 0.15) is 78.7 Å². The molecule has 1 saturated heterocycles. The first kappa shape index (κ1) is 33.2. The lowest BCUT2D eigenvalue weighted by Crippen LogP contribution is -2.65. The van der Waals surface area contributed by atoms with Crippen molar-refractivity contribution in [1.82, 2.24) is 10.7 Å². The zero-order chi connectivity index (χ0) is 31.5. The summed E-state index contributed by atoms with van der Waals surface area (Å²) < 4.78 is 13.2. The van der Waals surface area contributed by atoms with Gasteiger partial charge in [0.2, 0.25) is 5.91 Å². The van der Waals surface area contributed by atoms with Crippen molar-refractivity contribution in [3.8, 4) is 0 Å². The van der Waals surface area contributed by atoms with Crippen molar-refractivity contribution in [2.45, 2.75) is 97.2 Å². The van der Waals surface area contributed by atoms with E-state index >= 15 is 0 Å². The first-order chi connectivity index (χ1) is 20.2. The molecule has 0 unspecified atom stereocenters. The zero-order valence-corrected chi connectivity index (χ0v) is 26.6. The number of hydrogen-bond acceptors (Lipinski definition) is 7. The van der Waals surface area contributed by atoms with Crippen LogP contribution >= 0.6 is 11.6 Å². The number of nitrogens with one attached hydrogen (secondary N) is 2. The minimum atomic E-state index is -0.785. The van der Waals surface area contributed by atoms with Gasteiger partial charge in [0, 0.05) is 30.3 Å². The number of carbonyl (C=O) groups excluding carboxylic acids is 2. The Kier molecular flexibility index (Phi) is 10.4. The second kappa shape index (κ2) is 13.5. The van der Waals surface area contributed by atoms with E-state index in [1.54, 1.807) is 23.6 Å². The summed E-state index contributed by atoms with van der Waals surface area (Å²) in [6, 6.07) is 7.11. The Morgan fingerprint density at radius 3 is 2.67 bits per heavy atom. The Morgan fingerprint density at radius 1 is 1.28 bits per heavy atom. The van der Waals surface area contributed by atoms with Crippen LogP contribution in [0.5, 0.6) is 0 Å². The first-order valence-corrected chi connectivity index (χ1v) is 15.7. The van der Waals surface area contributed by atoms with Crippen molar-refractivity contribution >= 4 is 36.4 Å². The van der Waals surface area contributed by atoms with E-state index in [0.29, 0.717) is 36.1 Å². The molecule has 4 aliphatic rings. The number of halogens is 1. The third-order valence-corrected chi connectivity index (χ3v) is 9.92. The van der Waals surface area contributed by atoms with Crippen molar-refractivity contribution in [3.63, 3.8) is 0 Å². The topological polar surface area (TPSA) is 158 Å². The van der Waals surface area contributed by atoms with Gasteiger partial charge in [0.05, 0.1) is 17.6 Å². The SMILES string of the molecule is CC(C)C[C@H](NC(=O)[C@H](CCCN=C(N)N[N+](=O)[O-])CC(=O)Cc1cccc(Cl)c1)B1O[C@@H]2C[C@@H]3C[C@@H](C3(C)C)[C@]2(C)O1. The zero-order valence-electron chi connectivity index (χ0n) is 25.8. The van der Waals surface area contributed by atoms with Crippen molar-refractivity contribution in [3.05, 3.63) is 45.0 Å². The van der Waals surface area contributed by atoms with Gasteiger partial charge >= 0.3 is 7.12 Å². The number of nitro groups is 1. The summed E-state index contributed by atoms with van der Waals surface area (Å²) in [6.07, 6.45) is 3.69. The quantitative estimate of drug-likeness (QED) is 0.0702. The van der Waals surface area contributed by atoms with Gasteiger partial charge in [0.25, 0.3) is 5.96 Å². The molecule has 11 nitrogen and oxygen atoms in total. The molecular weight excluding hydrogens is 573 g/mol. The molecule has 3 saturated carbocycles. The fourth-order valence-electron chi connectivity index (χ4n) is 7.33. The highest BCUT2D eigenvalue weighted by Gasteiger charge is 2.68. The minimum Gasteiger partial charge on any atom is -0.404 e. The summed E-state index contributed by atoms with van der Waals surface area (Å²) in [5.74, 6) is -0.371. The fourth-order valence-corrected chi connectivity index (χ4v) is 7.54. The second-order valence-corrected chi connectivity index (χ2v) is 14.0. The summed E-state index contributed by atoms with van der Waals surface area (Å²) in [5.41, 5.74) is 7.92. The van der Waals surface area contributed by atoms with Crippen LogP contribution in [-0.2, 0) is 25.3 Å². The molecule has 0 spiro atoms. The average Bonchev–Trinajstić information content (AvgIpc) is 3.26. The van der Waals surface area contributed by atoms with Gasteiger partial charge in [-0.1, -0.05) is 56.9 Å². The maximum absolute atomic E-state index is 13.8. The summed E-state index contributed by atoms with van der Waals surface area (Å²) in [5, 5.41) is 13.5. The van der Waals surface area contributed by atoms with Crippen LogP contribution in [-0.4, -0.2) is 54.0 Å². The molecule has 0 radical (unpaired) electrons. The molecule has 1 amide bonds. The molecule has 13 heteroatoms. The van der Waals surface area contributed by atoms with E-state index in [9.17, 15) is 19.7 Å². The first-order valence-electron chi connectivity index (χ1n) is 15.3. The van der Waals surface area contributed by atoms with Crippen LogP contribution in [0.15, 0.2) is 29.3 Å². The van der Waals surface area contributed by atoms with E-state index in [1.165, 1.54) is 0 Å². The Hall–Kier alpha value is -2.70. The number of amides is 1. The van der Waals surface area contributed by atoms with E-state index in [2.05, 4.69) is 44.9 Å². The van der Waals surface area contributed by atoms with Crippen LogP contribution < -0.4 is 16.5 Å². The van der Waals surface area contributed by atoms with Crippen molar-refractivity contribution in [2.75, 3.05) is 6.54 Å². The minimum absolute atomic E-state index is 0.00740. The number of aliphatic imine (C=N–C) groups is 1. The van der Waals surface area contributed by atoms with Crippen molar-refractivity contribution < 1.29 is 23.9 Å². The molecule has 43 heavy (non-hydrogen) atoms. The predicted molar refractivity (Wildman–Crippen MR) is 166 cm³/mol. The Morgan fingerprint density at radius 2 is 2.02 bits per heavy atom. The van der Waals surface area contributed by atoms with Crippen LogP contribution in [0.3, 0.4) is 0 Å². The molecule has 236 valence electrons. The van der Waals surface area contributed by atoms with E-state index in [-0.39, 0.29) is 60.4 Å². The highest BCUT2D eigenvalue weighted by molar-refractivity contribution is 6.47. The third kappa shape index (κ3) is 7.88. The number of carbonyl (C=O) groups is 2. The normalized spacial score (nSPS) is 27.2. The number of Topliss-reactive ketones (excluding diaryl/α,β-unsaturated/α-hetero) is 1. The molecule has 0 aromatic heterocycles. The second-order valence-electron chi connectivity index (χ2n) is 13.6. The van der Waals surface area contributed by atoms with Crippen LogP contribution in [0.4, 0.5) is 0 Å². The highest BCUT2D eigenvalue weighted by atomic mass is 35.5. The maximum Gasteiger partial charge on any atom is 0.481 e. The lowest BCUT2D eigenvalue weighted by Gasteiger charge is -2.64. The molecule has 1 heterocycles. The molecule has 1 aromatic carbocycles. The fraction of sp³-hybridized carbons (Fsp3) is 0.700. The number of nitrogens with two attached hydrogens (primary N) is 1. The van der Waals surface area contributed by atoms with Crippen LogP contribution in [0.2, 0.25) is 5.02 Å². The van der Waals surface area contributed by atoms with E-state index < -0.39 is 23.7 Å². The molecule has 4 fully saturated rings. The van der Waals surface area contributed by atoms with E-state index in [0.717, 1.165) is 18.4 Å². The number of hydrazine groups is 1. The Balaban J connectivity index is 1.45. The summed E-state index contributed by atoms with van der Waals surface area (Å²) >= 11 is 6.10. The molecule has 6 atom stereocenters. The molecule has 5 rings (SSSR count). The molecule has 4 N–H and O–H groups in total. The van der Waals surface area contributed by atoms with Gasteiger partial charge in [-0.15, -0.1) is 0 Å². The lowest BCUT2D eigenvalue weighted by atomic mass is 9.43. The number of nitrogens with zero attached hydrogens (tertiary/aromatic N) is 2. The van der Waals surface area contributed by atoms with E-state index in [4.69, 9.17) is 26.6 Å². The Bertz CT molecular complexity index is 1230. The Labute approximate surface area is 259 Å². The summed E-state index contributed by atoms with van der Waals surface area (Å²) in [4.78, 5) is 41.5.